The zero-order chi connectivity index (χ0) is 10.6. The third-order valence-corrected chi connectivity index (χ3v) is 4.36. The topological polar surface area (TPSA) is 58.6 Å². The van der Waals surface area contributed by atoms with E-state index in [1.54, 1.807) is 6.92 Å². The van der Waals surface area contributed by atoms with Crippen LogP contribution < -0.4 is 5.32 Å². The zero-order valence-corrected chi connectivity index (χ0v) is 10.7. The minimum absolute atomic E-state index is 0. The Labute approximate surface area is 97.6 Å². The molecule has 1 atom stereocenters. The number of nitrogens with zero attached hydrogens (tertiary/aromatic N) is 1. The van der Waals surface area contributed by atoms with Gasteiger partial charge in [0.1, 0.15) is 0 Å². The second-order valence-corrected chi connectivity index (χ2v) is 5.49. The third kappa shape index (κ3) is 4.65. The molecule has 5 nitrogen and oxygen atoms in total. The molecule has 1 fully saturated rings. The van der Waals surface area contributed by atoms with E-state index in [0.717, 1.165) is 13.1 Å². The van der Waals surface area contributed by atoms with Gasteiger partial charge in [0.2, 0.25) is 10.0 Å². The molecule has 1 heterocycles. The lowest BCUT2D eigenvalue weighted by Gasteiger charge is -2.27. The molecule has 1 unspecified atom stereocenters. The lowest BCUT2D eigenvalue weighted by atomic mass is 10.4. The Morgan fingerprint density at radius 3 is 2.40 bits per heavy atom. The van der Waals surface area contributed by atoms with E-state index >= 15 is 0 Å². The molecule has 1 saturated heterocycles. The van der Waals surface area contributed by atoms with E-state index in [2.05, 4.69) is 5.32 Å². The number of rotatable bonds is 4. The van der Waals surface area contributed by atoms with E-state index in [1.807, 2.05) is 0 Å². The first-order chi connectivity index (χ1) is 6.56. The average molecular weight is 259 g/mol. The van der Waals surface area contributed by atoms with E-state index in [4.69, 9.17) is 4.74 Å². The predicted octanol–water partition coefficient (Wildman–Crippen LogP) is -0.322. The first kappa shape index (κ1) is 15.1. The first-order valence-electron chi connectivity index (χ1n) is 4.77. The molecule has 0 aliphatic carbocycles. The van der Waals surface area contributed by atoms with Crippen LogP contribution in [0.4, 0.5) is 0 Å². The predicted molar refractivity (Wildman–Crippen MR) is 61.9 cm³/mol. The van der Waals surface area contributed by atoms with Gasteiger partial charge in [0.15, 0.2) is 0 Å². The van der Waals surface area contributed by atoms with E-state index in [0.29, 0.717) is 13.1 Å². The van der Waals surface area contributed by atoms with Gasteiger partial charge in [-0.3, -0.25) is 0 Å². The molecule has 0 amide bonds. The quantitative estimate of drug-likeness (QED) is 0.751. The summed E-state index contributed by atoms with van der Waals surface area (Å²) in [6.07, 6.45) is -0.241. The van der Waals surface area contributed by atoms with Gasteiger partial charge in [-0.05, 0) is 6.92 Å². The summed E-state index contributed by atoms with van der Waals surface area (Å²) in [7, 11) is -1.60. The summed E-state index contributed by atoms with van der Waals surface area (Å²) in [5.41, 5.74) is 0. The van der Waals surface area contributed by atoms with E-state index in [9.17, 15) is 8.42 Å². The van der Waals surface area contributed by atoms with Crippen molar-refractivity contribution >= 4 is 22.4 Å². The monoisotopic (exact) mass is 258 g/mol. The van der Waals surface area contributed by atoms with Gasteiger partial charge < -0.3 is 10.1 Å². The summed E-state index contributed by atoms with van der Waals surface area (Å²) in [6.45, 7) is 4.37. The van der Waals surface area contributed by atoms with Crippen molar-refractivity contribution in [2.24, 2.45) is 0 Å². The van der Waals surface area contributed by atoms with Crippen LogP contribution in [0.15, 0.2) is 0 Å². The van der Waals surface area contributed by atoms with E-state index in [-0.39, 0.29) is 24.3 Å². The summed E-state index contributed by atoms with van der Waals surface area (Å²) in [5, 5.41) is 3.12. The normalized spacial score (nSPS) is 20.7. The van der Waals surface area contributed by atoms with Gasteiger partial charge in [-0.1, -0.05) is 0 Å². The highest BCUT2D eigenvalue weighted by atomic mass is 35.5. The van der Waals surface area contributed by atoms with Crippen molar-refractivity contribution in [1.82, 2.24) is 9.62 Å². The zero-order valence-electron chi connectivity index (χ0n) is 9.10. The van der Waals surface area contributed by atoms with Gasteiger partial charge >= 0.3 is 0 Å². The number of halogens is 1. The first-order valence-corrected chi connectivity index (χ1v) is 6.38. The highest BCUT2D eigenvalue weighted by molar-refractivity contribution is 7.89. The summed E-state index contributed by atoms with van der Waals surface area (Å²) >= 11 is 0. The fraction of sp³-hybridized carbons (Fsp3) is 1.00. The fourth-order valence-electron chi connectivity index (χ4n) is 1.39. The standard InChI is InChI=1S/C8H18N2O3S.ClH/c1-8(13-2)7-14(11,12)10-5-3-9-4-6-10;/h8-9H,3-7H2,1-2H3;1H. The molecule has 1 rings (SSSR count). The maximum Gasteiger partial charge on any atom is 0.216 e. The molecular formula is C8H19ClN2O3S. The van der Waals surface area contributed by atoms with Crippen molar-refractivity contribution < 1.29 is 13.2 Å². The second kappa shape index (κ2) is 6.65. The molecule has 0 spiro atoms. The molecule has 15 heavy (non-hydrogen) atoms. The van der Waals surface area contributed by atoms with Crippen LogP contribution in [0.1, 0.15) is 6.92 Å². The molecule has 1 N–H and O–H groups in total. The smallest absolute Gasteiger partial charge is 0.216 e. The molecule has 0 saturated carbocycles. The van der Waals surface area contributed by atoms with Gasteiger partial charge in [-0.2, -0.15) is 4.31 Å². The van der Waals surface area contributed by atoms with Gasteiger partial charge in [-0.15, -0.1) is 12.4 Å². The van der Waals surface area contributed by atoms with Gasteiger partial charge in [0, 0.05) is 33.3 Å². The van der Waals surface area contributed by atoms with Gasteiger partial charge in [0.05, 0.1) is 11.9 Å². The summed E-state index contributed by atoms with van der Waals surface area (Å²) in [6, 6.07) is 0. The maximum absolute atomic E-state index is 11.8. The van der Waals surface area contributed by atoms with Crippen LogP contribution in [0.25, 0.3) is 0 Å². The minimum Gasteiger partial charge on any atom is -0.381 e. The van der Waals surface area contributed by atoms with E-state index in [1.165, 1.54) is 11.4 Å². The van der Waals surface area contributed by atoms with Crippen LogP contribution in [0.3, 0.4) is 0 Å². The largest absolute Gasteiger partial charge is 0.381 e. The lowest BCUT2D eigenvalue weighted by molar-refractivity contribution is 0.135. The van der Waals surface area contributed by atoms with Gasteiger partial charge in [-0.25, -0.2) is 8.42 Å². The molecule has 7 heteroatoms. The van der Waals surface area contributed by atoms with Crippen molar-refractivity contribution in [2.75, 3.05) is 39.0 Å². The van der Waals surface area contributed by atoms with Crippen LogP contribution in [-0.4, -0.2) is 57.9 Å². The Balaban J connectivity index is 0.00000196. The molecule has 0 aromatic heterocycles. The van der Waals surface area contributed by atoms with Gasteiger partial charge in [0.25, 0.3) is 0 Å². The summed E-state index contributed by atoms with van der Waals surface area (Å²) in [4.78, 5) is 0. The maximum atomic E-state index is 11.8. The number of hydrogen-bond acceptors (Lipinski definition) is 4. The van der Waals surface area contributed by atoms with Crippen molar-refractivity contribution in [2.45, 2.75) is 13.0 Å². The summed E-state index contributed by atoms with van der Waals surface area (Å²) in [5.74, 6) is 0.0729. The van der Waals surface area contributed by atoms with Crippen molar-refractivity contribution in [3.63, 3.8) is 0 Å². The molecule has 1 aliphatic rings. The SMILES string of the molecule is COC(C)CS(=O)(=O)N1CCNCC1.Cl. The number of hydrogen-bond donors (Lipinski definition) is 1. The average Bonchev–Trinajstić information content (AvgIpc) is 2.18. The van der Waals surface area contributed by atoms with E-state index < -0.39 is 10.0 Å². The number of ether oxygens (including phenoxy) is 1. The van der Waals surface area contributed by atoms with Crippen LogP contribution >= 0.6 is 12.4 Å². The molecule has 92 valence electrons. The molecule has 1 aliphatic heterocycles. The molecule has 0 bridgehead atoms. The fourth-order valence-corrected chi connectivity index (χ4v) is 3.07. The van der Waals surface area contributed by atoms with Crippen molar-refractivity contribution in [1.29, 1.82) is 0 Å². The lowest BCUT2D eigenvalue weighted by Crippen LogP contribution is -2.48. The van der Waals surface area contributed by atoms with Crippen LogP contribution in [0, 0.1) is 0 Å². The molecule has 0 aromatic carbocycles. The Hall–Kier alpha value is 0.120. The highest BCUT2D eigenvalue weighted by Crippen LogP contribution is 2.06. The van der Waals surface area contributed by atoms with Crippen LogP contribution in [0.2, 0.25) is 0 Å². The van der Waals surface area contributed by atoms with Crippen molar-refractivity contribution in [3.05, 3.63) is 0 Å². The Morgan fingerprint density at radius 2 is 1.93 bits per heavy atom. The number of methoxy groups -OCH3 is 1. The Bertz CT molecular complexity index is 265. The number of nitrogens with one attached hydrogen (secondary N) is 1. The van der Waals surface area contributed by atoms with Crippen LogP contribution in [0.5, 0.6) is 0 Å². The summed E-state index contributed by atoms with van der Waals surface area (Å²) < 4.78 is 30.0. The number of piperazine rings is 1. The molecule has 0 radical (unpaired) electrons. The van der Waals surface area contributed by atoms with Crippen molar-refractivity contribution in [3.8, 4) is 0 Å². The van der Waals surface area contributed by atoms with Crippen LogP contribution in [-0.2, 0) is 14.8 Å². The second-order valence-electron chi connectivity index (χ2n) is 3.47. The third-order valence-electron chi connectivity index (χ3n) is 2.32. The highest BCUT2D eigenvalue weighted by Gasteiger charge is 2.25. The molecule has 0 aromatic rings. The Morgan fingerprint density at radius 1 is 1.40 bits per heavy atom. The molecular weight excluding hydrogens is 240 g/mol. The number of sulfonamides is 1. The Kier molecular flexibility index (Phi) is 6.70. The minimum atomic E-state index is -3.13.